The maximum atomic E-state index is 2.34. The lowest BCUT2D eigenvalue weighted by Gasteiger charge is -2.46. The molecular formula is C10H20N+. The predicted molar refractivity (Wildman–Crippen MR) is 49.2 cm³/mol. The molecule has 0 heterocycles. The Kier molecular flexibility index (Phi) is 1.85. The van der Waals surface area contributed by atoms with Gasteiger partial charge in [0.1, 0.15) is 14.1 Å². The molecule has 1 aliphatic carbocycles. The van der Waals surface area contributed by atoms with E-state index >= 15 is 0 Å². The minimum Gasteiger partial charge on any atom is -0.242 e. The van der Waals surface area contributed by atoms with Gasteiger partial charge in [0, 0.05) is 11.3 Å². The summed E-state index contributed by atoms with van der Waals surface area (Å²) < 4.78 is 2.28. The molecule has 0 aromatic rings. The quantitative estimate of drug-likeness (QED) is 0.470. The molecule has 0 saturated heterocycles. The average Bonchev–Trinajstić information content (AvgIpc) is 1.85. The van der Waals surface area contributed by atoms with Crippen molar-refractivity contribution in [1.82, 2.24) is 0 Å². The third-order valence-corrected chi connectivity index (χ3v) is 3.46. The molecule has 1 saturated carbocycles. The zero-order valence-corrected chi connectivity index (χ0v) is 8.60. The second-order valence-corrected chi connectivity index (χ2v) is 4.58. The first kappa shape index (κ1) is 8.76. The first-order valence-electron chi connectivity index (χ1n) is 4.43. The molecule has 2 atom stereocenters. The topological polar surface area (TPSA) is 3.01 Å². The minimum absolute atomic E-state index is 0.433. The molecule has 1 fully saturated rings. The third kappa shape index (κ3) is 1.02. The standard InChI is InChI=1S/C10H20N/c1-7-8(2)10(3,4)9(7)11(5)6/h7-8H,1-6H3/q+1/t7-,8+/m1/s1. The molecule has 0 aromatic heterocycles. The monoisotopic (exact) mass is 154 g/mol. The molecule has 0 N–H and O–H groups in total. The van der Waals surface area contributed by atoms with Crippen molar-refractivity contribution in [3.8, 4) is 0 Å². The summed E-state index contributed by atoms with van der Waals surface area (Å²) in [5, 5.41) is 0. The highest BCUT2D eigenvalue weighted by Gasteiger charge is 2.53. The van der Waals surface area contributed by atoms with Gasteiger partial charge in [-0.3, -0.25) is 0 Å². The van der Waals surface area contributed by atoms with Crippen LogP contribution in [0.2, 0.25) is 0 Å². The highest BCUT2D eigenvalue weighted by Crippen LogP contribution is 2.47. The Bertz CT molecular complexity index is 197. The van der Waals surface area contributed by atoms with E-state index in [-0.39, 0.29) is 0 Å². The molecule has 1 rings (SSSR count). The summed E-state index contributed by atoms with van der Waals surface area (Å²) >= 11 is 0. The van der Waals surface area contributed by atoms with E-state index in [9.17, 15) is 0 Å². The fraction of sp³-hybridized carbons (Fsp3) is 0.900. The van der Waals surface area contributed by atoms with Gasteiger partial charge in [-0.2, -0.15) is 0 Å². The Hall–Kier alpha value is -0.330. The zero-order chi connectivity index (χ0) is 8.81. The lowest BCUT2D eigenvalue weighted by atomic mass is 9.55. The molecule has 64 valence electrons. The largest absolute Gasteiger partial charge is 0.242 e. The van der Waals surface area contributed by atoms with Crippen molar-refractivity contribution < 1.29 is 4.58 Å². The minimum atomic E-state index is 0.433. The van der Waals surface area contributed by atoms with Gasteiger partial charge >= 0.3 is 0 Å². The summed E-state index contributed by atoms with van der Waals surface area (Å²) in [5.41, 5.74) is 2.04. The van der Waals surface area contributed by atoms with Crippen molar-refractivity contribution >= 4 is 5.71 Å². The molecule has 11 heavy (non-hydrogen) atoms. The second-order valence-electron chi connectivity index (χ2n) is 4.58. The Labute approximate surface area is 70.1 Å². The van der Waals surface area contributed by atoms with E-state index in [2.05, 4.69) is 46.4 Å². The van der Waals surface area contributed by atoms with Crippen molar-refractivity contribution in [1.29, 1.82) is 0 Å². The van der Waals surface area contributed by atoms with E-state index in [1.807, 2.05) is 0 Å². The fourth-order valence-electron chi connectivity index (χ4n) is 2.57. The molecule has 0 spiro atoms. The molecule has 0 amide bonds. The lowest BCUT2D eigenvalue weighted by molar-refractivity contribution is -0.476. The van der Waals surface area contributed by atoms with Crippen molar-refractivity contribution in [2.45, 2.75) is 27.7 Å². The van der Waals surface area contributed by atoms with E-state index in [1.54, 1.807) is 5.71 Å². The van der Waals surface area contributed by atoms with Crippen LogP contribution < -0.4 is 0 Å². The van der Waals surface area contributed by atoms with Crippen LogP contribution in [-0.2, 0) is 0 Å². The first-order chi connectivity index (χ1) is 4.89. The highest BCUT2D eigenvalue weighted by molar-refractivity contribution is 5.93. The van der Waals surface area contributed by atoms with Gasteiger partial charge in [0.25, 0.3) is 0 Å². The van der Waals surface area contributed by atoms with E-state index in [1.165, 1.54) is 0 Å². The van der Waals surface area contributed by atoms with Crippen LogP contribution in [0.5, 0.6) is 0 Å². The van der Waals surface area contributed by atoms with Crippen LogP contribution >= 0.6 is 0 Å². The summed E-state index contributed by atoms with van der Waals surface area (Å²) in [6.45, 7) is 9.35. The normalized spacial score (nSPS) is 34.9. The second kappa shape index (κ2) is 2.33. The molecule has 1 aliphatic rings. The third-order valence-electron chi connectivity index (χ3n) is 3.46. The fourth-order valence-corrected chi connectivity index (χ4v) is 2.57. The lowest BCUT2D eigenvalue weighted by Crippen LogP contribution is -2.55. The summed E-state index contributed by atoms with van der Waals surface area (Å²) in [6.07, 6.45) is 0. The number of hydrogen-bond acceptors (Lipinski definition) is 0. The van der Waals surface area contributed by atoms with Gasteiger partial charge in [-0.05, 0) is 5.92 Å². The SMILES string of the molecule is C[C@H]1C(=[N+](C)C)C(C)(C)[C@H]1C. The van der Waals surface area contributed by atoms with E-state index in [0.29, 0.717) is 5.41 Å². The molecule has 0 aliphatic heterocycles. The molecule has 1 nitrogen and oxygen atoms in total. The van der Waals surface area contributed by atoms with E-state index in [4.69, 9.17) is 0 Å². The Morgan fingerprint density at radius 1 is 1.18 bits per heavy atom. The Morgan fingerprint density at radius 3 is 1.82 bits per heavy atom. The summed E-state index contributed by atoms with van der Waals surface area (Å²) in [4.78, 5) is 0. The van der Waals surface area contributed by atoms with Crippen molar-refractivity contribution in [3.63, 3.8) is 0 Å². The van der Waals surface area contributed by atoms with Crippen LogP contribution in [0.4, 0.5) is 0 Å². The van der Waals surface area contributed by atoms with Crippen LogP contribution in [0.25, 0.3) is 0 Å². The molecule has 0 radical (unpaired) electrons. The van der Waals surface area contributed by atoms with Gasteiger partial charge in [0.2, 0.25) is 0 Å². The molecule has 1 heteroatoms. The van der Waals surface area contributed by atoms with Crippen LogP contribution in [-0.4, -0.2) is 24.4 Å². The van der Waals surface area contributed by atoms with Gasteiger partial charge in [-0.1, -0.05) is 27.7 Å². The van der Waals surface area contributed by atoms with Crippen molar-refractivity contribution in [2.75, 3.05) is 14.1 Å². The maximum absolute atomic E-state index is 2.34. The van der Waals surface area contributed by atoms with Crippen molar-refractivity contribution in [2.24, 2.45) is 17.3 Å². The molecule has 0 bridgehead atoms. The first-order valence-corrected chi connectivity index (χ1v) is 4.43. The smallest absolute Gasteiger partial charge is 0.160 e. The Morgan fingerprint density at radius 2 is 1.64 bits per heavy atom. The maximum Gasteiger partial charge on any atom is 0.160 e. The number of hydrogen-bond donors (Lipinski definition) is 0. The summed E-state index contributed by atoms with van der Waals surface area (Å²) in [6, 6.07) is 0. The van der Waals surface area contributed by atoms with Gasteiger partial charge in [0.05, 0.1) is 0 Å². The zero-order valence-electron chi connectivity index (χ0n) is 8.60. The Balaban J connectivity index is 2.95. The molecule has 0 unspecified atom stereocenters. The summed E-state index contributed by atoms with van der Waals surface area (Å²) in [7, 11) is 4.30. The van der Waals surface area contributed by atoms with Gasteiger partial charge in [0.15, 0.2) is 5.71 Å². The van der Waals surface area contributed by atoms with Gasteiger partial charge in [-0.15, -0.1) is 0 Å². The summed E-state index contributed by atoms with van der Waals surface area (Å²) in [5.74, 6) is 1.61. The molecule has 0 aromatic carbocycles. The van der Waals surface area contributed by atoms with Gasteiger partial charge in [-0.25, -0.2) is 4.58 Å². The van der Waals surface area contributed by atoms with Crippen LogP contribution in [0, 0.1) is 17.3 Å². The number of nitrogens with zero attached hydrogens (tertiary/aromatic N) is 1. The predicted octanol–water partition coefficient (Wildman–Crippen LogP) is 2.01. The van der Waals surface area contributed by atoms with E-state index in [0.717, 1.165) is 11.8 Å². The highest BCUT2D eigenvalue weighted by atomic mass is 15.0. The van der Waals surface area contributed by atoms with Crippen molar-refractivity contribution in [3.05, 3.63) is 0 Å². The van der Waals surface area contributed by atoms with Crippen LogP contribution in [0.3, 0.4) is 0 Å². The van der Waals surface area contributed by atoms with E-state index < -0.39 is 0 Å². The average molecular weight is 154 g/mol. The van der Waals surface area contributed by atoms with Gasteiger partial charge < -0.3 is 0 Å². The van der Waals surface area contributed by atoms with Crippen LogP contribution in [0.15, 0.2) is 0 Å². The number of rotatable bonds is 0. The molecular weight excluding hydrogens is 134 g/mol. The van der Waals surface area contributed by atoms with Crippen LogP contribution in [0.1, 0.15) is 27.7 Å².